The van der Waals surface area contributed by atoms with Crippen molar-refractivity contribution >= 4 is 27.9 Å². The minimum Gasteiger partial charge on any atom is -0.481 e. The van der Waals surface area contributed by atoms with E-state index in [0.29, 0.717) is 24.6 Å². The summed E-state index contributed by atoms with van der Waals surface area (Å²) >= 11 is 1.79. The number of hydrogen-bond donors (Lipinski definition) is 2. The third-order valence-electron chi connectivity index (χ3n) is 4.35. The van der Waals surface area contributed by atoms with Gasteiger partial charge >= 0.3 is 5.97 Å². The molecule has 0 spiro atoms. The average molecular weight is 336 g/mol. The van der Waals surface area contributed by atoms with E-state index in [2.05, 4.69) is 11.0 Å². The van der Waals surface area contributed by atoms with Crippen LogP contribution in [0.15, 0.2) is 0 Å². The Balaban J connectivity index is 1.96. The lowest BCUT2D eigenvalue weighted by molar-refractivity contribution is -0.142. The van der Waals surface area contributed by atoms with Gasteiger partial charge in [-0.15, -0.1) is 0 Å². The smallest absolute Gasteiger partial charge is 0.307 e. The molecule has 1 aliphatic carbocycles. The van der Waals surface area contributed by atoms with E-state index in [1.54, 1.807) is 11.8 Å². The van der Waals surface area contributed by atoms with Gasteiger partial charge in [0, 0.05) is 24.4 Å². The van der Waals surface area contributed by atoms with Crippen molar-refractivity contribution in [2.45, 2.75) is 49.8 Å². The Morgan fingerprint density at radius 3 is 2.71 bits per heavy atom. The molecule has 3 atom stereocenters. The zero-order valence-electron chi connectivity index (χ0n) is 12.3. The summed E-state index contributed by atoms with van der Waals surface area (Å²) in [6, 6.07) is -0.0218. The lowest BCUT2D eigenvalue weighted by atomic mass is 9.96. The molecule has 1 saturated carbocycles. The SMILES string of the molecule is CSC1CCCC(NS(=O)(=O)N2CCCC(C(=O)O)C2)C1. The van der Waals surface area contributed by atoms with Crippen LogP contribution in [0.25, 0.3) is 0 Å². The molecule has 0 amide bonds. The number of aliphatic carboxylic acids is 1. The van der Waals surface area contributed by atoms with E-state index in [-0.39, 0.29) is 12.6 Å². The predicted molar refractivity (Wildman–Crippen MR) is 83.5 cm³/mol. The maximum Gasteiger partial charge on any atom is 0.307 e. The summed E-state index contributed by atoms with van der Waals surface area (Å²) in [6.45, 7) is 0.501. The van der Waals surface area contributed by atoms with Gasteiger partial charge in [0.15, 0.2) is 0 Å². The summed E-state index contributed by atoms with van der Waals surface area (Å²) < 4.78 is 28.9. The molecule has 21 heavy (non-hydrogen) atoms. The molecule has 2 fully saturated rings. The Labute approximate surface area is 130 Å². The maximum absolute atomic E-state index is 12.4. The number of carbonyl (C=O) groups is 1. The van der Waals surface area contributed by atoms with Gasteiger partial charge in [-0.2, -0.15) is 29.2 Å². The molecule has 3 unspecified atom stereocenters. The minimum atomic E-state index is -3.57. The minimum absolute atomic E-state index is 0.0218. The summed E-state index contributed by atoms with van der Waals surface area (Å²) in [7, 11) is -3.57. The van der Waals surface area contributed by atoms with E-state index in [1.807, 2.05) is 0 Å². The molecule has 0 aromatic heterocycles. The highest BCUT2D eigenvalue weighted by molar-refractivity contribution is 7.99. The average Bonchev–Trinajstić information content (AvgIpc) is 2.47. The second-order valence-corrected chi connectivity index (χ2v) is 8.72. The van der Waals surface area contributed by atoms with Crippen LogP contribution in [0, 0.1) is 5.92 Å². The van der Waals surface area contributed by atoms with Crippen LogP contribution in [0.1, 0.15) is 38.5 Å². The summed E-state index contributed by atoms with van der Waals surface area (Å²) in [5, 5.41) is 9.58. The molecule has 1 saturated heterocycles. The topological polar surface area (TPSA) is 86.7 Å². The van der Waals surface area contributed by atoms with Crippen molar-refractivity contribution in [3.05, 3.63) is 0 Å². The van der Waals surface area contributed by atoms with Gasteiger partial charge < -0.3 is 5.11 Å². The van der Waals surface area contributed by atoms with Crippen LogP contribution in [0.5, 0.6) is 0 Å². The third-order valence-corrected chi connectivity index (χ3v) is 7.09. The van der Waals surface area contributed by atoms with Crippen LogP contribution in [0.4, 0.5) is 0 Å². The van der Waals surface area contributed by atoms with Crippen molar-refractivity contribution in [2.24, 2.45) is 5.92 Å². The molecule has 0 radical (unpaired) electrons. The quantitative estimate of drug-likeness (QED) is 0.790. The number of rotatable bonds is 5. The van der Waals surface area contributed by atoms with Crippen molar-refractivity contribution in [2.75, 3.05) is 19.3 Å². The van der Waals surface area contributed by atoms with Gasteiger partial charge in [-0.1, -0.05) is 6.42 Å². The largest absolute Gasteiger partial charge is 0.481 e. The number of thioether (sulfide) groups is 1. The summed E-state index contributed by atoms with van der Waals surface area (Å²) in [5.41, 5.74) is 0. The van der Waals surface area contributed by atoms with Gasteiger partial charge in [0.25, 0.3) is 10.2 Å². The van der Waals surface area contributed by atoms with Gasteiger partial charge in [-0.05, 0) is 38.4 Å². The second kappa shape index (κ2) is 7.30. The zero-order valence-corrected chi connectivity index (χ0v) is 14.0. The number of carboxylic acids is 1. The summed E-state index contributed by atoms with van der Waals surface area (Å²) in [4.78, 5) is 11.1. The zero-order chi connectivity index (χ0) is 15.5. The molecule has 122 valence electrons. The Kier molecular flexibility index (Phi) is 5.93. The maximum atomic E-state index is 12.4. The Morgan fingerprint density at radius 1 is 1.29 bits per heavy atom. The van der Waals surface area contributed by atoms with Gasteiger partial charge in [0.1, 0.15) is 0 Å². The number of carboxylic acid groups (broad SMARTS) is 1. The predicted octanol–water partition coefficient (Wildman–Crippen LogP) is 1.29. The highest BCUT2D eigenvalue weighted by Crippen LogP contribution is 2.28. The van der Waals surface area contributed by atoms with E-state index in [9.17, 15) is 13.2 Å². The number of piperidine rings is 1. The molecule has 1 aliphatic heterocycles. The van der Waals surface area contributed by atoms with Crippen LogP contribution in [-0.4, -0.2) is 54.4 Å². The summed E-state index contributed by atoms with van der Waals surface area (Å²) in [6.07, 6.45) is 7.13. The van der Waals surface area contributed by atoms with Gasteiger partial charge in [-0.25, -0.2) is 0 Å². The van der Waals surface area contributed by atoms with Crippen LogP contribution in [0.2, 0.25) is 0 Å². The fourth-order valence-electron chi connectivity index (χ4n) is 3.11. The molecule has 6 nitrogen and oxygen atoms in total. The fourth-order valence-corrected chi connectivity index (χ4v) is 5.47. The number of nitrogens with zero attached hydrogens (tertiary/aromatic N) is 1. The first-order valence-electron chi connectivity index (χ1n) is 7.45. The van der Waals surface area contributed by atoms with E-state index >= 15 is 0 Å². The first-order valence-corrected chi connectivity index (χ1v) is 10.2. The number of nitrogens with one attached hydrogen (secondary N) is 1. The normalized spacial score (nSPS) is 32.0. The summed E-state index contributed by atoms with van der Waals surface area (Å²) in [5.74, 6) is -1.49. The highest BCUT2D eigenvalue weighted by atomic mass is 32.2. The highest BCUT2D eigenvalue weighted by Gasteiger charge is 2.34. The molecule has 0 bridgehead atoms. The van der Waals surface area contributed by atoms with Crippen molar-refractivity contribution in [3.8, 4) is 0 Å². The molecule has 8 heteroatoms. The van der Waals surface area contributed by atoms with E-state index < -0.39 is 22.1 Å². The van der Waals surface area contributed by atoms with E-state index in [1.165, 1.54) is 4.31 Å². The molecule has 0 aromatic carbocycles. The van der Waals surface area contributed by atoms with Crippen molar-refractivity contribution < 1.29 is 18.3 Å². The van der Waals surface area contributed by atoms with Crippen molar-refractivity contribution in [1.29, 1.82) is 0 Å². The van der Waals surface area contributed by atoms with Gasteiger partial charge in [0.2, 0.25) is 0 Å². The second-order valence-electron chi connectivity index (χ2n) is 5.88. The van der Waals surface area contributed by atoms with E-state index in [0.717, 1.165) is 25.7 Å². The lowest BCUT2D eigenvalue weighted by Crippen LogP contribution is -2.51. The molecule has 1 heterocycles. The Bertz CT molecular complexity index is 469. The fraction of sp³-hybridized carbons (Fsp3) is 0.923. The van der Waals surface area contributed by atoms with Crippen LogP contribution >= 0.6 is 11.8 Å². The van der Waals surface area contributed by atoms with Crippen molar-refractivity contribution in [3.63, 3.8) is 0 Å². The first-order chi connectivity index (χ1) is 9.92. The standard InChI is InChI=1S/C13H24N2O4S2/c1-20-12-6-2-5-11(8-12)14-21(18,19)15-7-3-4-10(9-15)13(16)17/h10-12,14H,2-9H2,1H3,(H,16,17). The molecule has 2 N–H and O–H groups in total. The third kappa shape index (κ3) is 4.58. The monoisotopic (exact) mass is 336 g/mol. The Hall–Kier alpha value is -0.310. The lowest BCUT2D eigenvalue weighted by Gasteiger charge is -2.33. The van der Waals surface area contributed by atoms with Crippen molar-refractivity contribution in [1.82, 2.24) is 9.03 Å². The molecule has 0 aromatic rings. The van der Waals surface area contributed by atoms with Crippen LogP contribution < -0.4 is 4.72 Å². The first kappa shape index (κ1) is 17.1. The number of hydrogen-bond acceptors (Lipinski definition) is 4. The van der Waals surface area contributed by atoms with Gasteiger partial charge in [0.05, 0.1) is 5.92 Å². The molecule has 2 rings (SSSR count). The van der Waals surface area contributed by atoms with Crippen LogP contribution in [-0.2, 0) is 15.0 Å². The Morgan fingerprint density at radius 2 is 2.05 bits per heavy atom. The van der Waals surface area contributed by atoms with Crippen LogP contribution in [0.3, 0.4) is 0 Å². The van der Waals surface area contributed by atoms with Gasteiger partial charge in [-0.3, -0.25) is 4.79 Å². The molecule has 2 aliphatic rings. The molecular weight excluding hydrogens is 312 g/mol. The van der Waals surface area contributed by atoms with E-state index in [4.69, 9.17) is 5.11 Å². The molecular formula is C13H24N2O4S2.